The first-order valence-corrected chi connectivity index (χ1v) is 9.72. The molecule has 0 aromatic heterocycles. The molecule has 1 aliphatic heterocycles. The van der Waals surface area contributed by atoms with E-state index in [-0.39, 0.29) is 18.6 Å². The lowest BCUT2D eigenvalue weighted by molar-refractivity contribution is -0.125. The SMILES string of the molecule is COCCOc1ccc(C(C)N2CCC(NC(=O)COC)CC2)c(C)c1C. The van der Waals surface area contributed by atoms with Gasteiger partial charge in [-0.3, -0.25) is 9.69 Å². The van der Waals surface area contributed by atoms with Gasteiger partial charge in [0.25, 0.3) is 0 Å². The molecule has 0 radical (unpaired) electrons. The van der Waals surface area contributed by atoms with Crippen molar-refractivity contribution in [2.75, 3.05) is 47.1 Å². The first kappa shape index (κ1) is 21.7. The van der Waals surface area contributed by atoms with Gasteiger partial charge < -0.3 is 19.5 Å². The summed E-state index contributed by atoms with van der Waals surface area (Å²) < 4.78 is 15.8. The number of likely N-dealkylation sites (tertiary alicyclic amines) is 1. The topological polar surface area (TPSA) is 60.0 Å². The Morgan fingerprint density at radius 2 is 1.85 bits per heavy atom. The van der Waals surface area contributed by atoms with E-state index < -0.39 is 0 Å². The molecule has 6 heteroatoms. The summed E-state index contributed by atoms with van der Waals surface area (Å²) in [5.41, 5.74) is 3.82. The minimum Gasteiger partial charge on any atom is -0.491 e. The Kier molecular flexibility index (Phi) is 8.54. The Hall–Kier alpha value is -1.63. The highest BCUT2D eigenvalue weighted by Crippen LogP contribution is 2.32. The summed E-state index contributed by atoms with van der Waals surface area (Å²) in [6, 6.07) is 4.84. The number of rotatable bonds is 9. The van der Waals surface area contributed by atoms with Gasteiger partial charge in [-0.05, 0) is 56.4 Å². The van der Waals surface area contributed by atoms with Crippen LogP contribution < -0.4 is 10.1 Å². The molecule has 1 fully saturated rings. The van der Waals surface area contributed by atoms with Crippen molar-refractivity contribution in [1.29, 1.82) is 0 Å². The van der Waals surface area contributed by atoms with Gasteiger partial charge in [-0.2, -0.15) is 0 Å². The molecule has 6 nitrogen and oxygen atoms in total. The van der Waals surface area contributed by atoms with E-state index in [4.69, 9.17) is 14.2 Å². The number of hydrogen-bond acceptors (Lipinski definition) is 5. The van der Waals surface area contributed by atoms with Crippen LogP contribution in [0.25, 0.3) is 0 Å². The fourth-order valence-electron chi connectivity index (χ4n) is 3.69. The third-order valence-electron chi connectivity index (χ3n) is 5.49. The summed E-state index contributed by atoms with van der Waals surface area (Å²) in [5.74, 6) is 0.902. The van der Waals surface area contributed by atoms with Crippen molar-refractivity contribution in [2.45, 2.75) is 45.7 Å². The van der Waals surface area contributed by atoms with Gasteiger partial charge in [-0.15, -0.1) is 0 Å². The number of ether oxygens (including phenoxy) is 3. The summed E-state index contributed by atoms with van der Waals surface area (Å²) in [5, 5.41) is 3.05. The molecule has 1 saturated heterocycles. The lowest BCUT2D eigenvalue weighted by Gasteiger charge is -2.37. The molecule has 2 rings (SSSR count). The van der Waals surface area contributed by atoms with E-state index in [0.29, 0.717) is 19.3 Å². The molecule has 1 unspecified atom stereocenters. The van der Waals surface area contributed by atoms with Gasteiger partial charge in [-0.1, -0.05) is 6.07 Å². The molecule has 1 heterocycles. The monoisotopic (exact) mass is 378 g/mol. The molecule has 1 atom stereocenters. The predicted octanol–water partition coefficient (Wildman–Crippen LogP) is 2.62. The highest BCUT2D eigenvalue weighted by atomic mass is 16.5. The molecule has 0 bridgehead atoms. The Morgan fingerprint density at radius 3 is 2.48 bits per heavy atom. The second-order valence-electron chi connectivity index (χ2n) is 7.23. The molecule has 0 spiro atoms. The van der Waals surface area contributed by atoms with Crippen molar-refractivity contribution in [3.63, 3.8) is 0 Å². The Morgan fingerprint density at radius 1 is 1.15 bits per heavy atom. The second kappa shape index (κ2) is 10.6. The third-order valence-corrected chi connectivity index (χ3v) is 5.49. The van der Waals surface area contributed by atoms with Crippen LogP contribution in [0, 0.1) is 13.8 Å². The van der Waals surface area contributed by atoms with Crippen LogP contribution in [-0.2, 0) is 14.3 Å². The lowest BCUT2D eigenvalue weighted by Crippen LogP contribution is -2.46. The fraction of sp³-hybridized carbons (Fsp3) is 0.667. The van der Waals surface area contributed by atoms with Gasteiger partial charge in [0.1, 0.15) is 19.0 Å². The summed E-state index contributed by atoms with van der Waals surface area (Å²) in [4.78, 5) is 14.2. The zero-order valence-corrected chi connectivity index (χ0v) is 17.3. The number of methoxy groups -OCH3 is 2. The highest BCUT2D eigenvalue weighted by molar-refractivity contribution is 5.77. The maximum atomic E-state index is 11.7. The maximum absolute atomic E-state index is 11.7. The second-order valence-corrected chi connectivity index (χ2v) is 7.23. The van der Waals surface area contributed by atoms with Crippen molar-refractivity contribution < 1.29 is 19.0 Å². The molecule has 1 aromatic carbocycles. The van der Waals surface area contributed by atoms with Gasteiger partial charge in [0.15, 0.2) is 0 Å². The molecule has 152 valence electrons. The van der Waals surface area contributed by atoms with Gasteiger partial charge in [-0.25, -0.2) is 0 Å². The van der Waals surface area contributed by atoms with Crippen molar-refractivity contribution in [1.82, 2.24) is 10.2 Å². The first-order chi connectivity index (χ1) is 13.0. The van der Waals surface area contributed by atoms with Gasteiger partial charge in [0.05, 0.1) is 6.61 Å². The third kappa shape index (κ3) is 5.92. The molecule has 1 aliphatic rings. The van der Waals surface area contributed by atoms with Crippen LogP contribution in [0.15, 0.2) is 12.1 Å². The fourth-order valence-corrected chi connectivity index (χ4v) is 3.69. The number of benzene rings is 1. The smallest absolute Gasteiger partial charge is 0.246 e. The number of nitrogens with zero attached hydrogens (tertiary/aromatic N) is 1. The van der Waals surface area contributed by atoms with E-state index in [9.17, 15) is 4.79 Å². The van der Waals surface area contributed by atoms with Crippen LogP contribution in [0.4, 0.5) is 0 Å². The summed E-state index contributed by atoms with van der Waals surface area (Å²) in [6.07, 6.45) is 1.94. The van der Waals surface area contributed by atoms with Gasteiger partial charge in [0.2, 0.25) is 5.91 Å². The Labute approximate surface area is 163 Å². The number of nitrogens with one attached hydrogen (secondary N) is 1. The van der Waals surface area contributed by atoms with Crippen LogP contribution in [0.5, 0.6) is 5.75 Å². The van der Waals surface area contributed by atoms with Crippen molar-refractivity contribution in [3.8, 4) is 5.75 Å². The van der Waals surface area contributed by atoms with Crippen LogP contribution in [-0.4, -0.2) is 64.0 Å². The first-order valence-electron chi connectivity index (χ1n) is 9.72. The number of amides is 1. The average molecular weight is 379 g/mol. The molecule has 27 heavy (non-hydrogen) atoms. The van der Waals surface area contributed by atoms with E-state index in [0.717, 1.165) is 31.7 Å². The summed E-state index contributed by atoms with van der Waals surface area (Å²) in [7, 11) is 3.22. The number of carbonyl (C=O) groups is 1. The number of hydrogen-bond donors (Lipinski definition) is 1. The van der Waals surface area contributed by atoms with Crippen LogP contribution in [0.3, 0.4) is 0 Å². The highest BCUT2D eigenvalue weighted by Gasteiger charge is 2.25. The van der Waals surface area contributed by atoms with Crippen molar-refractivity contribution in [2.24, 2.45) is 0 Å². The van der Waals surface area contributed by atoms with Crippen molar-refractivity contribution in [3.05, 3.63) is 28.8 Å². The zero-order valence-electron chi connectivity index (χ0n) is 17.3. The van der Waals surface area contributed by atoms with E-state index in [1.807, 2.05) is 0 Å². The molecular weight excluding hydrogens is 344 g/mol. The largest absolute Gasteiger partial charge is 0.491 e. The molecule has 0 aliphatic carbocycles. The summed E-state index contributed by atoms with van der Waals surface area (Å²) in [6.45, 7) is 9.78. The van der Waals surface area contributed by atoms with Crippen molar-refractivity contribution >= 4 is 5.91 Å². The zero-order chi connectivity index (χ0) is 19.8. The maximum Gasteiger partial charge on any atom is 0.246 e. The minimum absolute atomic E-state index is 0.0282. The van der Waals surface area contributed by atoms with E-state index in [2.05, 4.69) is 43.1 Å². The molecule has 1 aromatic rings. The van der Waals surface area contributed by atoms with Gasteiger partial charge in [0, 0.05) is 39.4 Å². The Balaban J connectivity index is 1.95. The predicted molar refractivity (Wildman–Crippen MR) is 106 cm³/mol. The van der Waals surface area contributed by atoms with E-state index in [1.54, 1.807) is 14.2 Å². The lowest BCUT2D eigenvalue weighted by atomic mass is 9.94. The molecular formula is C21H34N2O4. The van der Waals surface area contributed by atoms with Gasteiger partial charge >= 0.3 is 0 Å². The molecule has 1 N–H and O–H groups in total. The average Bonchev–Trinajstić information content (AvgIpc) is 2.66. The molecule has 0 saturated carbocycles. The van der Waals surface area contributed by atoms with Crippen LogP contribution in [0.1, 0.15) is 42.5 Å². The quantitative estimate of drug-likeness (QED) is 0.670. The number of piperidine rings is 1. The summed E-state index contributed by atoms with van der Waals surface area (Å²) >= 11 is 0. The van der Waals surface area contributed by atoms with E-state index in [1.165, 1.54) is 16.7 Å². The van der Waals surface area contributed by atoms with Crippen LogP contribution >= 0.6 is 0 Å². The molecule has 1 amide bonds. The van der Waals surface area contributed by atoms with E-state index >= 15 is 0 Å². The number of carbonyl (C=O) groups excluding carboxylic acids is 1. The minimum atomic E-state index is -0.0282. The van der Waals surface area contributed by atoms with Crippen LogP contribution in [0.2, 0.25) is 0 Å². The normalized spacial score (nSPS) is 16.9. The standard InChI is InChI=1S/C21H34N2O4/c1-15-16(2)20(27-13-12-25-4)7-6-19(15)17(3)23-10-8-18(9-11-23)22-21(24)14-26-5/h6-7,17-18H,8-14H2,1-5H3,(H,22,24). The Bertz CT molecular complexity index is 612.